The van der Waals surface area contributed by atoms with Crippen LogP contribution < -0.4 is 21.1 Å². The highest BCUT2D eigenvalue weighted by atomic mass is 16.5. The largest absolute Gasteiger partial charge is 0.494 e. The first-order chi connectivity index (χ1) is 17.5. The Balaban J connectivity index is 0.000000678. The molecule has 0 atom stereocenters. The number of rotatable bonds is 15. The molecular weight excluding hydrogens is 456 g/mol. The van der Waals surface area contributed by atoms with Gasteiger partial charge in [0.15, 0.2) is 5.82 Å². The molecule has 0 saturated heterocycles. The van der Waals surface area contributed by atoms with Crippen molar-refractivity contribution in [2.24, 2.45) is 0 Å². The molecule has 3 aromatic rings. The Morgan fingerprint density at radius 1 is 1.14 bits per heavy atom. The third-order valence-corrected chi connectivity index (χ3v) is 5.63. The zero-order valence-corrected chi connectivity index (χ0v) is 22.6. The molecule has 2 aromatic heterocycles. The van der Waals surface area contributed by atoms with Crippen molar-refractivity contribution in [2.45, 2.75) is 79.0 Å². The third-order valence-electron chi connectivity index (χ3n) is 5.63. The molecule has 0 radical (unpaired) electrons. The zero-order valence-electron chi connectivity index (χ0n) is 22.6. The fourth-order valence-corrected chi connectivity index (χ4v) is 3.88. The van der Waals surface area contributed by atoms with Crippen LogP contribution in [0.25, 0.3) is 21.9 Å². The number of nitrogens with one attached hydrogen (secondary N) is 2. The summed E-state index contributed by atoms with van der Waals surface area (Å²) in [5.41, 5.74) is 8.88. The number of aryl methyl sites for hydroxylation is 1. The molecule has 0 fully saturated rings. The topological polar surface area (TPSA) is 116 Å². The fourth-order valence-electron chi connectivity index (χ4n) is 3.88. The number of amides is 1. The number of ether oxygens (including phenoxy) is 2. The molecule has 0 spiro atoms. The molecule has 0 saturated carbocycles. The van der Waals surface area contributed by atoms with Crippen molar-refractivity contribution in [1.82, 2.24) is 25.2 Å². The van der Waals surface area contributed by atoms with Crippen LogP contribution in [-0.2, 0) is 22.7 Å². The van der Waals surface area contributed by atoms with Gasteiger partial charge >= 0.3 is 0 Å². The van der Waals surface area contributed by atoms with E-state index in [2.05, 4.69) is 33.2 Å². The van der Waals surface area contributed by atoms with Gasteiger partial charge in [0.05, 0.1) is 17.6 Å². The summed E-state index contributed by atoms with van der Waals surface area (Å²) in [7, 11) is 1.99. The van der Waals surface area contributed by atoms with E-state index in [0.717, 1.165) is 66.0 Å². The van der Waals surface area contributed by atoms with Crippen LogP contribution in [0, 0.1) is 0 Å². The van der Waals surface area contributed by atoms with Crippen molar-refractivity contribution in [3.05, 3.63) is 24.0 Å². The molecule has 9 heteroatoms. The molecule has 9 nitrogen and oxygen atoms in total. The first kappa shape index (κ1) is 29.3. The average molecular weight is 501 g/mol. The Kier molecular flexibility index (Phi) is 13.0. The number of anilines is 1. The van der Waals surface area contributed by atoms with Crippen molar-refractivity contribution in [3.63, 3.8) is 0 Å². The Bertz CT molecular complexity index is 1070. The summed E-state index contributed by atoms with van der Waals surface area (Å²) >= 11 is 0. The van der Waals surface area contributed by atoms with Crippen molar-refractivity contribution >= 4 is 34.2 Å². The Morgan fingerprint density at radius 3 is 2.56 bits per heavy atom. The van der Waals surface area contributed by atoms with Gasteiger partial charge in [-0.15, -0.1) is 0 Å². The lowest BCUT2D eigenvalue weighted by molar-refractivity contribution is -0.109. The first-order valence-corrected chi connectivity index (χ1v) is 13.1. The van der Waals surface area contributed by atoms with Gasteiger partial charge in [-0.1, -0.05) is 19.8 Å². The molecular formula is C27H44N6O3. The summed E-state index contributed by atoms with van der Waals surface area (Å²) in [6, 6.07) is 6.31. The van der Waals surface area contributed by atoms with Gasteiger partial charge < -0.3 is 30.4 Å². The summed E-state index contributed by atoms with van der Waals surface area (Å²) in [6.45, 7) is 11.7. The number of pyridine rings is 1. The number of carbonyl (C=O) groups is 1. The molecule has 0 aliphatic carbocycles. The fraction of sp³-hybridized carbons (Fsp3) is 0.593. The van der Waals surface area contributed by atoms with Gasteiger partial charge in [-0.2, -0.15) is 0 Å². The van der Waals surface area contributed by atoms with Gasteiger partial charge in [0, 0.05) is 24.6 Å². The second-order valence-corrected chi connectivity index (χ2v) is 9.00. The standard InChI is InChI=1S/C23H35N5O2.C4H9NO/c1-4-13-28-20(16-29-5-2)27-21-22(28)18-15-17(10-11-19(18)26-23(21)24)30-14-9-7-6-8-12-25-3;1-4(2)5-3-6/h10-11,15,25H,4-9,12-14,16H2,1-3H3,(H2,24,26);3-4H,1-2H3,(H,5,6). The lowest BCUT2D eigenvalue weighted by Gasteiger charge is -2.11. The van der Waals surface area contributed by atoms with Gasteiger partial charge in [-0.05, 0) is 71.8 Å². The number of nitrogens with two attached hydrogens (primary N) is 1. The Hall–Kier alpha value is -2.91. The Morgan fingerprint density at radius 2 is 1.92 bits per heavy atom. The minimum Gasteiger partial charge on any atom is -0.494 e. The van der Waals surface area contributed by atoms with Gasteiger partial charge in [-0.3, -0.25) is 4.79 Å². The van der Waals surface area contributed by atoms with E-state index in [1.54, 1.807) is 0 Å². The Labute approximate surface area is 215 Å². The van der Waals surface area contributed by atoms with Crippen molar-refractivity contribution in [2.75, 3.05) is 32.5 Å². The maximum absolute atomic E-state index is 9.50. The molecule has 0 aliphatic heterocycles. The van der Waals surface area contributed by atoms with Gasteiger partial charge in [-0.25, -0.2) is 9.97 Å². The third kappa shape index (κ3) is 8.64. The maximum Gasteiger partial charge on any atom is 0.207 e. The van der Waals surface area contributed by atoms with Gasteiger partial charge in [0.1, 0.15) is 23.7 Å². The van der Waals surface area contributed by atoms with E-state index in [4.69, 9.17) is 20.2 Å². The number of hydrogen-bond acceptors (Lipinski definition) is 7. The van der Waals surface area contributed by atoms with Crippen LogP contribution in [0.15, 0.2) is 18.2 Å². The second kappa shape index (κ2) is 16.0. The minimum atomic E-state index is 0.280. The minimum absolute atomic E-state index is 0.280. The lowest BCUT2D eigenvalue weighted by Crippen LogP contribution is -2.19. The van der Waals surface area contributed by atoms with Crippen LogP contribution in [0.1, 0.15) is 65.6 Å². The van der Waals surface area contributed by atoms with E-state index >= 15 is 0 Å². The lowest BCUT2D eigenvalue weighted by atomic mass is 10.1. The summed E-state index contributed by atoms with van der Waals surface area (Å²) in [6.07, 6.45) is 6.38. The van der Waals surface area contributed by atoms with Crippen LogP contribution >= 0.6 is 0 Å². The molecule has 3 rings (SSSR count). The van der Waals surface area contributed by atoms with Crippen LogP contribution in [0.3, 0.4) is 0 Å². The number of fused-ring (bicyclic) bond motifs is 3. The van der Waals surface area contributed by atoms with E-state index in [9.17, 15) is 4.79 Å². The summed E-state index contributed by atoms with van der Waals surface area (Å²) in [5.74, 6) is 2.21. The summed E-state index contributed by atoms with van der Waals surface area (Å²) in [5, 5.41) is 6.74. The van der Waals surface area contributed by atoms with E-state index in [1.165, 1.54) is 19.3 Å². The summed E-state index contributed by atoms with van der Waals surface area (Å²) in [4.78, 5) is 18.8. The molecule has 0 bridgehead atoms. The second-order valence-electron chi connectivity index (χ2n) is 9.00. The molecule has 0 unspecified atom stereocenters. The molecule has 1 amide bonds. The predicted octanol–water partition coefficient (Wildman–Crippen LogP) is 4.41. The van der Waals surface area contributed by atoms with Crippen molar-refractivity contribution in [1.29, 1.82) is 0 Å². The van der Waals surface area contributed by atoms with Gasteiger partial charge in [0.2, 0.25) is 6.41 Å². The highest BCUT2D eigenvalue weighted by Crippen LogP contribution is 2.31. The molecule has 1 aromatic carbocycles. The number of aromatic nitrogens is 3. The van der Waals surface area contributed by atoms with Crippen molar-refractivity contribution in [3.8, 4) is 5.75 Å². The normalized spacial score (nSPS) is 11.1. The van der Waals surface area contributed by atoms with E-state index < -0.39 is 0 Å². The van der Waals surface area contributed by atoms with Crippen LogP contribution in [0.2, 0.25) is 0 Å². The average Bonchev–Trinajstić information content (AvgIpc) is 3.22. The van der Waals surface area contributed by atoms with Crippen LogP contribution in [-0.4, -0.2) is 53.8 Å². The van der Waals surface area contributed by atoms with Crippen molar-refractivity contribution < 1.29 is 14.3 Å². The smallest absolute Gasteiger partial charge is 0.207 e. The number of imidazole rings is 1. The highest BCUT2D eigenvalue weighted by Gasteiger charge is 2.17. The number of unbranched alkanes of at least 4 members (excludes halogenated alkanes) is 3. The van der Waals surface area contributed by atoms with E-state index in [1.807, 2.05) is 40.0 Å². The number of benzene rings is 1. The first-order valence-electron chi connectivity index (χ1n) is 13.1. The van der Waals surface area contributed by atoms with Crippen LogP contribution in [0.5, 0.6) is 5.75 Å². The molecule has 0 aliphatic rings. The number of carbonyl (C=O) groups excluding carboxylic acids is 1. The predicted molar refractivity (Wildman–Crippen MR) is 147 cm³/mol. The number of nitrogen functional groups attached to an aromatic ring is 1. The van der Waals surface area contributed by atoms with Crippen LogP contribution in [0.4, 0.5) is 5.82 Å². The zero-order chi connectivity index (χ0) is 26.3. The van der Waals surface area contributed by atoms with Gasteiger partial charge in [0.25, 0.3) is 0 Å². The summed E-state index contributed by atoms with van der Waals surface area (Å²) < 4.78 is 13.9. The van der Waals surface area contributed by atoms with E-state index in [0.29, 0.717) is 25.4 Å². The number of hydrogen-bond donors (Lipinski definition) is 3. The SMILES string of the molecule is CC(C)NC=O.CCCn1c(COCC)nc2c(N)nc3ccc(OCCCCCCNC)cc3c21. The quantitative estimate of drug-likeness (QED) is 0.209. The molecule has 36 heavy (non-hydrogen) atoms. The molecule has 4 N–H and O–H groups in total. The maximum atomic E-state index is 9.50. The molecule has 2 heterocycles. The monoisotopic (exact) mass is 500 g/mol. The molecule has 200 valence electrons. The highest BCUT2D eigenvalue weighted by molar-refractivity contribution is 6.07. The van der Waals surface area contributed by atoms with E-state index in [-0.39, 0.29) is 6.04 Å². The number of nitrogens with zero attached hydrogens (tertiary/aromatic N) is 3.